The number of nitrogen functional groups attached to an aromatic ring is 2. The summed E-state index contributed by atoms with van der Waals surface area (Å²) in [5.41, 5.74) is 14.8. The van der Waals surface area contributed by atoms with Crippen molar-refractivity contribution in [2.75, 3.05) is 78.9 Å². The van der Waals surface area contributed by atoms with Crippen molar-refractivity contribution >= 4 is 56.5 Å². The first-order chi connectivity index (χ1) is 25.2. The zero-order valence-corrected chi connectivity index (χ0v) is 37.3. The molecule has 0 unspecified atom stereocenters. The maximum absolute atomic E-state index is 13.6. The van der Waals surface area contributed by atoms with Crippen molar-refractivity contribution in [3.05, 3.63) is 82.9 Å². The average molecular weight is 895 g/mol. The van der Waals surface area contributed by atoms with Crippen LogP contribution in [0.2, 0.25) is 0 Å². The van der Waals surface area contributed by atoms with Crippen LogP contribution in [0.15, 0.2) is 60.7 Å². The minimum atomic E-state index is -0.303. The number of carbonyl (C=O) groups is 4. The summed E-state index contributed by atoms with van der Waals surface area (Å²) in [4.78, 5) is 57.3. The molecule has 56 heavy (non-hydrogen) atoms. The van der Waals surface area contributed by atoms with Crippen LogP contribution in [0.4, 0.5) is 11.4 Å². The van der Waals surface area contributed by atoms with E-state index in [0.29, 0.717) is 57.5 Å². The highest BCUT2D eigenvalue weighted by atomic mass is 79.9. The van der Waals surface area contributed by atoms with Crippen LogP contribution in [-0.2, 0) is 0 Å². The van der Waals surface area contributed by atoms with Crippen molar-refractivity contribution in [2.45, 2.75) is 53.4 Å². The SMILES string of the molecule is CC(C)(CN1C(=O)c2cccc3cc(N)cc(c23)C1=O)C[N+](C)(C)CCCCCC[N+](C)(C)CC(C)(C)CN1C(=O)c2cccc3cc(N)cc(c23)C1=O.[Br-].[Br-]. The van der Waals surface area contributed by atoms with Crippen molar-refractivity contribution in [3.8, 4) is 0 Å². The van der Waals surface area contributed by atoms with E-state index in [-0.39, 0.29) is 68.4 Å². The van der Waals surface area contributed by atoms with Crippen molar-refractivity contribution in [2.24, 2.45) is 10.8 Å². The zero-order chi connectivity index (χ0) is 39.4. The second kappa shape index (κ2) is 16.6. The van der Waals surface area contributed by atoms with Crippen LogP contribution < -0.4 is 45.4 Å². The van der Waals surface area contributed by atoms with E-state index in [0.717, 1.165) is 71.6 Å². The molecule has 0 aliphatic carbocycles. The van der Waals surface area contributed by atoms with Gasteiger partial charge in [0, 0.05) is 57.2 Å². The fraction of sp³-hybridized carbons (Fsp3) is 0.455. The molecule has 4 amide bonds. The van der Waals surface area contributed by atoms with Gasteiger partial charge in [-0.1, -0.05) is 52.0 Å². The Kier molecular flexibility index (Phi) is 13.3. The van der Waals surface area contributed by atoms with E-state index in [1.807, 2.05) is 36.4 Å². The summed E-state index contributed by atoms with van der Waals surface area (Å²) in [6.45, 7) is 12.8. The summed E-state index contributed by atoms with van der Waals surface area (Å²) in [7, 11) is 8.91. The first-order valence-electron chi connectivity index (χ1n) is 19.2. The van der Waals surface area contributed by atoms with Gasteiger partial charge in [-0.3, -0.25) is 29.0 Å². The fourth-order valence-electron chi connectivity index (χ4n) is 9.51. The van der Waals surface area contributed by atoms with Crippen LogP contribution in [0.25, 0.3) is 21.5 Å². The van der Waals surface area contributed by atoms with Gasteiger partial charge in [0.2, 0.25) is 0 Å². The molecular formula is C44H58Br2N6O4. The van der Waals surface area contributed by atoms with E-state index in [1.54, 1.807) is 24.3 Å². The van der Waals surface area contributed by atoms with Crippen molar-refractivity contribution in [1.29, 1.82) is 0 Å². The molecule has 0 bridgehead atoms. The number of carbonyl (C=O) groups excluding carboxylic acids is 4. The van der Waals surface area contributed by atoms with E-state index >= 15 is 0 Å². The maximum Gasteiger partial charge on any atom is 0.261 e. The smallest absolute Gasteiger partial charge is 0.261 e. The predicted molar refractivity (Wildman–Crippen MR) is 217 cm³/mol. The van der Waals surface area contributed by atoms with Crippen LogP contribution in [0.1, 0.15) is 94.8 Å². The van der Waals surface area contributed by atoms with Gasteiger partial charge < -0.3 is 54.4 Å². The van der Waals surface area contributed by atoms with Crippen LogP contribution in [-0.4, -0.2) is 110 Å². The minimum absolute atomic E-state index is 0. The lowest BCUT2D eigenvalue weighted by Gasteiger charge is -2.40. The summed E-state index contributed by atoms with van der Waals surface area (Å²) in [5, 5.41) is 3.01. The number of imide groups is 2. The predicted octanol–water partition coefficient (Wildman–Crippen LogP) is 0.823. The number of unbranched alkanes of at least 4 members (excludes halogenated alkanes) is 3. The molecule has 4 aromatic rings. The van der Waals surface area contributed by atoms with Gasteiger partial charge in [-0.15, -0.1) is 0 Å². The summed E-state index contributed by atoms with van der Waals surface area (Å²) < 4.78 is 1.58. The molecule has 302 valence electrons. The van der Waals surface area contributed by atoms with E-state index in [2.05, 4.69) is 55.9 Å². The first kappa shape index (κ1) is 44.9. The van der Waals surface area contributed by atoms with Gasteiger partial charge in [-0.2, -0.15) is 0 Å². The maximum atomic E-state index is 13.6. The second-order valence-electron chi connectivity index (χ2n) is 18.7. The summed E-state index contributed by atoms with van der Waals surface area (Å²) >= 11 is 0. The molecule has 0 radical (unpaired) electrons. The number of quaternary nitrogens is 2. The number of anilines is 2. The highest BCUT2D eigenvalue weighted by Gasteiger charge is 2.40. The lowest BCUT2D eigenvalue weighted by atomic mass is 9.88. The lowest BCUT2D eigenvalue weighted by Crippen LogP contribution is -3.00. The van der Waals surface area contributed by atoms with Crippen LogP contribution in [0.3, 0.4) is 0 Å². The summed E-state index contributed by atoms with van der Waals surface area (Å²) in [6, 6.07) is 18.1. The molecule has 2 aliphatic rings. The molecule has 4 aromatic carbocycles. The van der Waals surface area contributed by atoms with E-state index < -0.39 is 0 Å². The molecule has 4 N–H and O–H groups in total. The molecule has 0 aromatic heterocycles. The Labute approximate surface area is 352 Å². The number of hydrogen-bond acceptors (Lipinski definition) is 6. The number of nitrogens with zero attached hydrogens (tertiary/aromatic N) is 4. The average Bonchev–Trinajstić information content (AvgIpc) is 3.06. The fourth-order valence-corrected chi connectivity index (χ4v) is 9.51. The van der Waals surface area contributed by atoms with Gasteiger partial charge >= 0.3 is 0 Å². The second-order valence-corrected chi connectivity index (χ2v) is 18.7. The largest absolute Gasteiger partial charge is 1.00 e. The quantitative estimate of drug-likeness (QED) is 0.0789. The van der Waals surface area contributed by atoms with Crippen molar-refractivity contribution in [3.63, 3.8) is 0 Å². The number of benzene rings is 4. The monoisotopic (exact) mass is 892 g/mol. The Morgan fingerprint density at radius 3 is 1.21 bits per heavy atom. The van der Waals surface area contributed by atoms with Crippen molar-refractivity contribution < 1.29 is 62.1 Å². The van der Waals surface area contributed by atoms with Gasteiger partial charge in [-0.05, 0) is 72.9 Å². The highest BCUT2D eigenvalue weighted by Crippen LogP contribution is 2.36. The van der Waals surface area contributed by atoms with Gasteiger partial charge in [0.25, 0.3) is 23.6 Å². The Morgan fingerprint density at radius 1 is 0.518 bits per heavy atom. The highest BCUT2D eigenvalue weighted by molar-refractivity contribution is 6.27. The van der Waals surface area contributed by atoms with E-state index in [9.17, 15) is 19.2 Å². The van der Waals surface area contributed by atoms with E-state index in [1.165, 1.54) is 9.80 Å². The molecule has 0 saturated carbocycles. The molecule has 0 atom stereocenters. The zero-order valence-electron chi connectivity index (χ0n) is 34.2. The van der Waals surface area contributed by atoms with Gasteiger partial charge in [0.15, 0.2) is 0 Å². The molecule has 2 aliphatic heterocycles. The minimum Gasteiger partial charge on any atom is -1.00 e. The topological polar surface area (TPSA) is 127 Å². The number of nitrogens with two attached hydrogens (primary N) is 2. The van der Waals surface area contributed by atoms with Crippen LogP contribution in [0.5, 0.6) is 0 Å². The number of amides is 4. The third-order valence-electron chi connectivity index (χ3n) is 11.1. The third kappa shape index (κ3) is 9.47. The Morgan fingerprint density at radius 2 is 0.857 bits per heavy atom. The first-order valence-corrected chi connectivity index (χ1v) is 19.2. The molecular weight excluding hydrogens is 836 g/mol. The van der Waals surface area contributed by atoms with Crippen LogP contribution >= 0.6 is 0 Å². The number of rotatable bonds is 15. The van der Waals surface area contributed by atoms with E-state index in [4.69, 9.17) is 11.5 Å². The number of halogens is 2. The molecule has 6 rings (SSSR count). The Bertz CT molecular complexity index is 2030. The molecule has 12 heteroatoms. The van der Waals surface area contributed by atoms with Gasteiger partial charge in [0.1, 0.15) is 0 Å². The standard InChI is InChI=1S/C44H58N6O4.2BrH/c1-43(2,25-47-39(51)33-17-13-15-29-21-31(45)23-35(37(29)33)41(47)53)27-49(5,6)19-11-9-10-12-20-50(7,8)28-44(3,4)26-48-40(52)34-18-14-16-30-22-32(46)24-36(38(30)34)42(48)54;;/h13-18,21-24H,9-12,19-20,25-28,45-46H2,1-8H3;2*1H/q+2;;/p-2. The Hall–Kier alpha value is -3.84. The van der Waals surface area contributed by atoms with Gasteiger partial charge in [0.05, 0.1) is 65.5 Å². The molecule has 2 heterocycles. The molecule has 0 saturated heterocycles. The van der Waals surface area contributed by atoms with Crippen molar-refractivity contribution in [1.82, 2.24) is 9.80 Å². The van der Waals surface area contributed by atoms with Crippen LogP contribution in [0, 0.1) is 10.8 Å². The molecule has 10 nitrogen and oxygen atoms in total. The summed E-state index contributed by atoms with van der Waals surface area (Å²) in [5.74, 6) is -1.04. The lowest BCUT2D eigenvalue weighted by molar-refractivity contribution is -0.897. The molecule has 0 spiro atoms. The third-order valence-corrected chi connectivity index (χ3v) is 11.1. The molecule has 0 fully saturated rings. The van der Waals surface area contributed by atoms with Gasteiger partial charge in [-0.25, -0.2) is 0 Å². The summed E-state index contributed by atoms with van der Waals surface area (Å²) in [6.07, 6.45) is 4.38. The number of hydrogen-bond donors (Lipinski definition) is 2. The Balaban J connectivity index is 0.00000348. The normalized spacial score (nSPS) is 14.7.